The number of hydrogen-bond donors (Lipinski definition) is 2. The standard InChI is InChI=1S/C21H33NO2/c1-15(2)7-5-8-16(3)9-6-10-17(4)11-12-18-19(23)13-14-20(24)21(18)22/h7,9,11,13-14,18-19,21,23H,5-6,8,10,12,22H2,1-4H3/b16-9+,17-11+. The van der Waals surface area contributed by atoms with Gasteiger partial charge < -0.3 is 10.8 Å². The number of allylic oxidation sites excluding steroid dienone is 6. The van der Waals surface area contributed by atoms with Gasteiger partial charge in [-0.25, -0.2) is 0 Å². The fourth-order valence-electron chi connectivity index (χ4n) is 2.83. The summed E-state index contributed by atoms with van der Waals surface area (Å²) in [4.78, 5) is 11.6. The number of aliphatic hydroxyl groups excluding tert-OH is 1. The molecule has 0 aromatic carbocycles. The molecule has 0 radical (unpaired) electrons. The van der Waals surface area contributed by atoms with Crippen LogP contribution in [0.25, 0.3) is 0 Å². The number of hydrogen-bond acceptors (Lipinski definition) is 3. The van der Waals surface area contributed by atoms with Crippen LogP contribution < -0.4 is 5.73 Å². The summed E-state index contributed by atoms with van der Waals surface area (Å²) in [5, 5.41) is 9.98. The van der Waals surface area contributed by atoms with Crippen LogP contribution in [0.4, 0.5) is 0 Å². The smallest absolute Gasteiger partial charge is 0.172 e. The highest BCUT2D eigenvalue weighted by Crippen LogP contribution is 2.22. The predicted octanol–water partition coefficient (Wildman–Crippen LogP) is 4.24. The molecule has 0 aromatic heterocycles. The van der Waals surface area contributed by atoms with Gasteiger partial charge in [0.15, 0.2) is 5.78 Å². The minimum Gasteiger partial charge on any atom is -0.389 e. The lowest BCUT2D eigenvalue weighted by Crippen LogP contribution is -2.45. The minimum absolute atomic E-state index is 0.0914. The second-order valence-electron chi connectivity index (χ2n) is 7.14. The van der Waals surface area contributed by atoms with E-state index in [9.17, 15) is 9.90 Å². The fraction of sp³-hybridized carbons (Fsp3) is 0.571. The summed E-state index contributed by atoms with van der Waals surface area (Å²) in [6, 6.07) is -0.591. The van der Waals surface area contributed by atoms with E-state index in [4.69, 9.17) is 5.73 Å². The van der Waals surface area contributed by atoms with Gasteiger partial charge in [0, 0.05) is 5.92 Å². The van der Waals surface area contributed by atoms with Crippen molar-refractivity contribution in [1.29, 1.82) is 0 Å². The number of carbonyl (C=O) groups excluding carboxylic acids is 1. The molecule has 134 valence electrons. The van der Waals surface area contributed by atoms with Crippen molar-refractivity contribution >= 4 is 5.78 Å². The van der Waals surface area contributed by atoms with Gasteiger partial charge in [-0.3, -0.25) is 4.79 Å². The van der Waals surface area contributed by atoms with Gasteiger partial charge >= 0.3 is 0 Å². The van der Waals surface area contributed by atoms with E-state index in [1.165, 1.54) is 22.8 Å². The van der Waals surface area contributed by atoms with Gasteiger partial charge in [-0.15, -0.1) is 0 Å². The Bertz CT molecular complexity index is 536. The lowest BCUT2D eigenvalue weighted by Gasteiger charge is -2.27. The van der Waals surface area contributed by atoms with Crippen LogP contribution in [0, 0.1) is 5.92 Å². The Morgan fingerprint density at radius 3 is 2.29 bits per heavy atom. The quantitative estimate of drug-likeness (QED) is 0.654. The third-order valence-electron chi connectivity index (χ3n) is 4.55. The Balaban J connectivity index is 2.40. The normalized spacial score (nSPS) is 25.1. The SMILES string of the molecule is CC(C)=CCC/C(C)=C/CC/C(C)=C/CC1C(O)C=CC(=O)C1N. The van der Waals surface area contributed by atoms with E-state index in [0.717, 1.165) is 25.7 Å². The van der Waals surface area contributed by atoms with Crippen LogP contribution in [-0.4, -0.2) is 23.0 Å². The summed E-state index contributed by atoms with van der Waals surface area (Å²) in [7, 11) is 0. The fourth-order valence-corrected chi connectivity index (χ4v) is 2.83. The van der Waals surface area contributed by atoms with Crippen molar-refractivity contribution in [2.45, 2.75) is 71.9 Å². The molecular formula is C21H33NO2. The molecule has 3 heteroatoms. The zero-order chi connectivity index (χ0) is 18.1. The molecule has 0 saturated carbocycles. The first kappa shape index (κ1) is 20.6. The Hall–Kier alpha value is -1.45. The topological polar surface area (TPSA) is 63.3 Å². The Morgan fingerprint density at radius 2 is 1.67 bits per heavy atom. The van der Waals surface area contributed by atoms with Crippen LogP contribution >= 0.6 is 0 Å². The summed E-state index contributed by atoms with van der Waals surface area (Å²) < 4.78 is 0. The number of ketones is 1. The summed E-state index contributed by atoms with van der Waals surface area (Å²) >= 11 is 0. The van der Waals surface area contributed by atoms with Crippen molar-refractivity contribution in [3.63, 3.8) is 0 Å². The molecule has 0 bridgehead atoms. The maximum atomic E-state index is 11.6. The number of carbonyl (C=O) groups is 1. The summed E-state index contributed by atoms with van der Waals surface area (Å²) in [6.45, 7) is 8.55. The Kier molecular flexibility index (Phi) is 8.94. The van der Waals surface area contributed by atoms with Gasteiger partial charge in [-0.2, -0.15) is 0 Å². The summed E-state index contributed by atoms with van der Waals surface area (Å²) in [5.41, 5.74) is 9.99. The molecule has 3 unspecified atom stereocenters. The highest BCUT2D eigenvalue weighted by Gasteiger charge is 2.30. The molecule has 24 heavy (non-hydrogen) atoms. The van der Waals surface area contributed by atoms with Crippen molar-refractivity contribution < 1.29 is 9.90 Å². The van der Waals surface area contributed by atoms with Gasteiger partial charge in [0.1, 0.15) is 0 Å². The molecule has 0 amide bonds. The van der Waals surface area contributed by atoms with E-state index < -0.39 is 12.1 Å². The maximum absolute atomic E-state index is 11.6. The van der Waals surface area contributed by atoms with E-state index >= 15 is 0 Å². The monoisotopic (exact) mass is 331 g/mol. The molecule has 1 aliphatic carbocycles. The third-order valence-corrected chi connectivity index (χ3v) is 4.55. The van der Waals surface area contributed by atoms with Crippen LogP contribution in [0.15, 0.2) is 47.1 Å². The van der Waals surface area contributed by atoms with E-state index in [2.05, 4.69) is 45.9 Å². The number of rotatable bonds is 8. The summed E-state index contributed by atoms with van der Waals surface area (Å²) in [6.07, 6.45) is 13.9. The molecule has 1 rings (SSSR count). The molecule has 3 N–H and O–H groups in total. The molecule has 0 saturated heterocycles. The molecule has 0 spiro atoms. The first-order valence-corrected chi connectivity index (χ1v) is 8.91. The average molecular weight is 332 g/mol. The van der Waals surface area contributed by atoms with Crippen molar-refractivity contribution in [2.75, 3.05) is 0 Å². The molecule has 0 fully saturated rings. The third kappa shape index (κ3) is 7.41. The lowest BCUT2D eigenvalue weighted by molar-refractivity contribution is -0.118. The lowest BCUT2D eigenvalue weighted by atomic mass is 9.83. The molecule has 3 nitrogen and oxygen atoms in total. The minimum atomic E-state index is -0.626. The largest absolute Gasteiger partial charge is 0.389 e. The molecular weight excluding hydrogens is 298 g/mol. The second kappa shape index (κ2) is 10.4. The molecule has 1 aliphatic rings. The van der Waals surface area contributed by atoms with E-state index in [1.54, 1.807) is 6.08 Å². The van der Waals surface area contributed by atoms with Gasteiger partial charge in [-0.05, 0) is 65.9 Å². The van der Waals surface area contributed by atoms with Gasteiger partial charge in [-0.1, -0.05) is 41.0 Å². The number of nitrogens with two attached hydrogens (primary N) is 1. The van der Waals surface area contributed by atoms with E-state index in [1.807, 2.05) is 0 Å². The zero-order valence-electron chi connectivity index (χ0n) is 15.6. The van der Waals surface area contributed by atoms with Crippen molar-refractivity contribution in [2.24, 2.45) is 11.7 Å². The highest BCUT2D eigenvalue weighted by atomic mass is 16.3. The first-order chi connectivity index (χ1) is 11.3. The Labute approximate surface area is 147 Å². The van der Waals surface area contributed by atoms with E-state index in [0.29, 0.717) is 6.42 Å². The van der Waals surface area contributed by atoms with Gasteiger partial charge in [0.2, 0.25) is 0 Å². The van der Waals surface area contributed by atoms with Crippen LogP contribution in [0.1, 0.15) is 59.8 Å². The zero-order valence-corrected chi connectivity index (χ0v) is 15.6. The molecule has 0 heterocycles. The molecule has 0 aliphatic heterocycles. The van der Waals surface area contributed by atoms with Crippen molar-refractivity contribution in [3.05, 3.63) is 47.1 Å². The van der Waals surface area contributed by atoms with Crippen LogP contribution in [0.2, 0.25) is 0 Å². The highest BCUT2D eigenvalue weighted by molar-refractivity contribution is 5.95. The summed E-state index contributed by atoms with van der Waals surface area (Å²) in [5.74, 6) is -0.301. The predicted molar refractivity (Wildman–Crippen MR) is 102 cm³/mol. The molecule has 3 atom stereocenters. The van der Waals surface area contributed by atoms with Crippen molar-refractivity contribution in [1.82, 2.24) is 0 Å². The van der Waals surface area contributed by atoms with E-state index in [-0.39, 0.29) is 11.7 Å². The Morgan fingerprint density at radius 1 is 1.08 bits per heavy atom. The van der Waals surface area contributed by atoms with Crippen LogP contribution in [0.3, 0.4) is 0 Å². The molecule has 0 aromatic rings. The second-order valence-corrected chi connectivity index (χ2v) is 7.14. The number of aliphatic hydroxyl groups is 1. The average Bonchev–Trinajstić information content (AvgIpc) is 2.50. The van der Waals surface area contributed by atoms with Gasteiger partial charge in [0.25, 0.3) is 0 Å². The van der Waals surface area contributed by atoms with Crippen LogP contribution in [-0.2, 0) is 4.79 Å². The van der Waals surface area contributed by atoms with Crippen molar-refractivity contribution in [3.8, 4) is 0 Å². The van der Waals surface area contributed by atoms with Gasteiger partial charge in [0.05, 0.1) is 12.1 Å². The van der Waals surface area contributed by atoms with Crippen LogP contribution in [0.5, 0.6) is 0 Å². The maximum Gasteiger partial charge on any atom is 0.172 e. The first-order valence-electron chi connectivity index (χ1n) is 8.91.